The van der Waals surface area contributed by atoms with Crippen molar-refractivity contribution in [3.05, 3.63) is 58.4 Å². The van der Waals surface area contributed by atoms with E-state index in [9.17, 15) is 4.79 Å². The maximum Gasteiger partial charge on any atom is 0.249 e. The third-order valence-electron chi connectivity index (χ3n) is 4.91. The first-order valence-corrected chi connectivity index (χ1v) is 9.97. The molecule has 0 spiro atoms. The number of methoxy groups -OCH3 is 2. The molecule has 1 aliphatic rings. The largest absolute Gasteiger partial charge is 0.497 e. The molecule has 7 nitrogen and oxygen atoms in total. The molecule has 1 aliphatic heterocycles. The van der Waals surface area contributed by atoms with Crippen LogP contribution >= 0.6 is 15.9 Å². The number of hydrogen-bond acceptors (Lipinski definition) is 6. The quantitative estimate of drug-likeness (QED) is 0.546. The van der Waals surface area contributed by atoms with Gasteiger partial charge in [-0.3, -0.25) is 4.79 Å². The summed E-state index contributed by atoms with van der Waals surface area (Å²) in [5.74, 6) is 2.22. The molecular weight excluding hydrogens is 438 g/mol. The van der Waals surface area contributed by atoms with E-state index >= 15 is 0 Å². The second-order valence-electron chi connectivity index (χ2n) is 6.76. The van der Waals surface area contributed by atoms with Crippen molar-refractivity contribution in [2.75, 3.05) is 14.2 Å². The van der Waals surface area contributed by atoms with E-state index in [1.54, 1.807) is 25.2 Å². The highest BCUT2D eigenvalue weighted by atomic mass is 79.9. The number of ether oxygens (including phenoxy) is 2. The number of hydrogen-bond donors (Lipinski definition) is 0. The normalized spacial score (nSPS) is 16.3. The average Bonchev–Trinajstić information content (AvgIpc) is 3.35. The molecule has 0 radical (unpaired) electrons. The number of likely N-dealkylation sites (tertiary alicyclic amines) is 1. The van der Waals surface area contributed by atoms with Crippen molar-refractivity contribution < 1.29 is 18.8 Å². The highest BCUT2D eigenvalue weighted by molar-refractivity contribution is 9.10. The second kappa shape index (κ2) is 8.24. The van der Waals surface area contributed by atoms with Crippen LogP contribution in [0.2, 0.25) is 0 Å². The van der Waals surface area contributed by atoms with Gasteiger partial charge in [0.05, 0.1) is 14.2 Å². The summed E-state index contributed by atoms with van der Waals surface area (Å²) >= 11 is 3.47. The molecule has 29 heavy (non-hydrogen) atoms. The number of carbonyl (C=O) groups excluding carboxylic acids is 1. The van der Waals surface area contributed by atoms with Crippen LogP contribution in [0.4, 0.5) is 0 Å². The summed E-state index contributed by atoms with van der Waals surface area (Å²) in [5.41, 5.74) is 1.76. The van der Waals surface area contributed by atoms with E-state index in [1.807, 2.05) is 36.4 Å². The van der Waals surface area contributed by atoms with Crippen LogP contribution in [-0.4, -0.2) is 35.2 Å². The molecule has 8 heteroatoms. The first kappa shape index (κ1) is 19.4. The van der Waals surface area contributed by atoms with Gasteiger partial charge in [-0.15, -0.1) is 0 Å². The highest BCUT2D eigenvalue weighted by Crippen LogP contribution is 2.35. The van der Waals surface area contributed by atoms with Crippen molar-refractivity contribution in [3.8, 4) is 22.9 Å². The van der Waals surface area contributed by atoms with E-state index < -0.39 is 0 Å². The number of benzene rings is 2. The maximum absolute atomic E-state index is 12.5. The van der Waals surface area contributed by atoms with E-state index in [0.717, 1.165) is 15.6 Å². The van der Waals surface area contributed by atoms with Crippen LogP contribution in [0.1, 0.15) is 30.3 Å². The monoisotopic (exact) mass is 457 g/mol. The molecule has 1 atom stereocenters. The second-order valence-corrected chi connectivity index (χ2v) is 7.68. The molecule has 2 aromatic carbocycles. The minimum atomic E-state index is -0.241. The van der Waals surface area contributed by atoms with Crippen LogP contribution in [0.15, 0.2) is 51.5 Å². The van der Waals surface area contributed by atoms with Crippen LogP contribution in [0, 0.1) is 0 Å². The Morgan fingerprint density at radius 2 is 1.93 bits per heavy atom. The van der Waals surface area contributed by atoms with Gasteiger partial charge < -0.3 is 18.9 Å². The Labute approximate surface area is 176 Å². The zero-order valence-corrected chi connectivity index (χ0v) is 17.7. The minimum absolute atomic E-state index is 0.0813. The number of carbonyl (C=O) groups is 1. The van der Waals surface area contributed by atoms with Crippen molar-refractivity contribution in [2.24, 2.45) is 0 Å². The first-order valence-electron chi connectivity index (χ1n) is 9.18. The summed E-state index contributed by atoms with van der Waals surface area (Å²) in [6.45, 7) is 0.494. The Kier molecular flexibility index (Phi) is 5.53. The summed E-state index contributed by atoms with van der Waals surface area (Å²) in [5, 5.41) is 4.12. The van der Waals surface area contributed by atoms with Crippen molar-refractivity contribution >= 4 is 21.8 Å². The predicted octanol–water partition coefficient (Wildman–Crippen LogP) is 4.38. The van der Waals surface area contributed by atoms with E-state index in [4.69, 9.17) is 14.0 Å². The van der Waals surface area contributed by atoms with Crippen molar-refractivity contribution in [3.63, 3.8) is 0 Å². The van der Waals surface area contributed by atoms with Gasteiger partial charge in [-0.25, -0.2) is 0 Å². The highest BCUT2D eigenvalue weighted by Gasteiger charge is 2.36. The number of halogens is 1. The van der Waals surface area contributed by atoms with Gasteiger partial charge in [0.15, 0.2) is 0 Å². The molecule has 1 fully saturated rings. The molecule has 4 rings (SSSR count). The Morgan fingerprint density at radius 1 is 1.17 bits per heavy atom. The molecule has 1 amide bonds. The summed E-state index contributed by atoms with van der Waals surface area (Å²) in [6, 6.07) is 13.1. The Hall–Kier alpha value is -2.87. The van der Waals surface area contributed by atoms with Gasteiger partial charge in [0, 0.05) is 29.1 Å². The van der Waals surface area contributed by atoms with Crippen molar-refractivity contribution in [1.29, 1.82) is 0 Å². The first-order chi connectivity index (χ1) is 14.1. The lowest BCUT2D eigenvalue weighted by molar-refractivity contribution is -0.129. The van der Waals surface area contributed by atoms with E-state index in [2.05, 4.69) is 26.1 Å². The Bertz CT molecular complexity index is 1010. The van der Waals surface area contributed by atoms with Crippen LogP contribution < -0.4 is 9.47 Å². The number of amides is 1. The third-order valence-corrected chi connectivity index (χ3v) is 5.40. The summed E-state index contributed by atoms with van der Waals surface area (Å²) in [6.07, 6.45) is 1.11. The molecule has 3 aromatic rings. The van der Waals surface area contributed by atoms with Crippen molar-refractivity contribution in [1.82, 2.24) is 15.0 Å². The average molecular weight is 458 g/mol. The van der Waals surface area contributed by atoms with Crippen LogP contribution in [0.5, 0.6) is 11.5 Å². The molecule has 1 unspecified atom stereocenters. The smallest absolute Gasteiger partial charge is 0.249 e. The van der Waals surface area contributed by atoms with E-state index in [0.29, 0.717) is 42.6 Å². The van der Waals surface area contributed by atoms with Crippen LogP contribution in [-0.2, 0) is 11.3 Å². The van der Waals surface area contributed by atoms with Gasteiger partial charge in [0.25, 0.3) is 0 Å². The number of rotatable bonds is 6. The van der Waals surface area contributed by atoms with Gasteiger partial charge in [-0.05, 0) is 36.2 Å². The van der Waals surface area contributed by atoms with Crippen LogP contribution in [0.3, 0.4) is 0 Å². The molecule has 1 aromatic heterocycles. The number of aromatic nitrogens is 2. The van der Waals surface area contributed by atoms with Gasteiger partial charge in [0.1, 0.15) is 17.5 Å². The summed E-state index contributed by atoms with van der Waals surface area (Å²) < 4.78 is 17.1. The van der Waals surface area contributed by atoms with Gasteiger partial charge in [-0.1, -0.05) is 33.2 Å². The fourth-order valence-corrected chi connectivity index (χ4v) is 3.89. The Balaban J connectivity index is 1.60. The lowest BCUT2D eigenvalue weighted by Gasteiger charge is -2.22. The van der Waals surface area contributed by atoms with Gasteiger partial charge in [0.2, 0.25) is 17.6 Å². The van der Waals surface area contributed by atoms with Crippen LogP contribution in [0.25, 0.3) is 11.4 Å². The zero-order valence-electron chi connectivity index (χ0n) is 16.1. The summed E-state index contributed by atoms with van der Waals surface area (Å²) in [4.78, 5) is 18.8. The predicted molar refractivity (Wildman–Crippen MR) is 110 cm³/mol. The van der Waals surface area contributed by atoms with E-state index in [-0.39, 0.29) is 11.9 Å². The zero-order chi connectivity index (χ0) is 20.4. The third kappa shape index (κ3) is 4.12. The lowest BCUT2D eigenvalue weighted by Crippen LogP contribution is -2.27. The molecular formula is C21H20BrN3O4. The molecule has 2 heterocycles. The molecule has 0 aliphatic carbocycles. The van der Waals surface area contributed by atoms with Gasteiger partial charge >= 0.3 is 0 Å². The SMILES string of the molecule is COc1cc(OC)cc(-c2noc(C3CCC(=O)N3Cc3cccc(Br)c3)n2)c1. The molecule has 0 N–H and O–H groups in total. The molecule has 150 valence electrons. The lowest BCUT2D eigenvalue weighted by atomic mass is 10.1. The number of nitrogens with zero attached hydrogens (tertiary/aromatic N) is 3. The fourth-order valence-electron chi connectivity index (χ4n) is 3.44. The van der Waals surface area contributed by atoms with E-state index in [1.165, 1.54) is 0 Å². The van der Waals surface area contributed by atoms with Crippen molar-refractivity contribution in [2.45, 2.75) is 25.4 Å². The van der Waals surface area contributed by atoms with Gasteiger partial charge in [-0.2, -0.15) is 4.98 Å². The standard InChI is InChI=1S/C21H20BrN3O4/c1-27-16-9-14(10-17(11-16)28-2)20-23-21(29-24-20)18-6-7-19(26)25(18)12-13-4-3-5-15(22)8-13/h3-5,8-11,18H,6-7,12H2,1-2H3. The topological polar surface area (TPSA) is 77.7 Å². The summed E-state index contributed by atoms with van der Waals surface area (Å²) in [7, 11) is 3.17. The Morgan fingerprint density at radius 3 is 2.62 bits per heavy atom. The fraction of sp³-hybridized carbons (Fsp3) is 0.286. The molecule has 1 saturated heterocycles. The molecule has 0 bridgehead atoms. The maximum atomic E-state index is 12.5. The molecule has 0 saturated carbocycles. The minimum Gasteiger partial charge on any atom is -0.497 e.